The molecule has 0 radical (unpaired) electrons. The first-order chi connectivity index (χ1) is 8.86. The molecule has 19 heavy (non-hydrogen) atoms. The van der Waals surface area contributed by atoms with Crippen LogP contribution in [0.1, 0.15) is 33.6 Å². The van der Waals surface area contributed by atoms with Gasteiger partial charge in [-0.05, 0) is 26.4 Å². The first-order valence-electron chi connectivity index (χ1n) is 7.28. The zero-order chi connectivity index (χ0) is 14.5. The van der Waals surface area contributed by atoms with Gasteiger partial charge in [-0.25, -0.2) is 8.42 Å². The van der Waals surface area contributed by atoms with Crippen LogP contribution in [0.25, 0.3) is 0 Å². The Bertz CT molecular complexity index is 357. The van der Waals surface area contributed by atoms with Crippen molar-refractivity contribution in [1.82, 2.24) is 14.5 Å². The molecule has 1 rings (SSSR count). The van der Waals surface area contributed by atoms with E-state index in [2.05, 4.69) is 38.0 Å². The van der Waals surface area contributed by atoms with Crippen molar-refractivity contribution >= 4 is 10.0 Å². The lowest BCUT2D eigenvalue weighted by atomic mass is 10.1. The summed E-state index contributed by atoms with van der Waals surface area (Å²) in [5, 5.41) is 3.26. The Morgan fingerprint density at radius 1 is 1.32 bits per heavy atom. The topological polar surface area (TPSA) is 52.7 Å². The zero-order valence-corrected chi connectivity index (χ0v) is 13.5. The number of rotatable bonds is 7. The number of piperazine rings is 1. The monoisotopic (exact) mass is 291 g/mol. The van der Waals surface area contributed by atoms with Crippen LogP contribution in [-0.2, 0) is 10.0 Å². The lowest BCUT2D eigenvalue weighted by Crippen LogP contribution is -2.53. The van der Waals surface area contributed by atoms with Gasteiger partial charge in [-0.2, -0.15) is 4.31 Å². The van der Waals surface area contributed by atoms with Gasteiger partial charge in [0.1, 0.15) is 0 Å². The maximum absolute atomic E-state index is 12.3. The number of hydrogen-bond donors (Lipinski definition) is 1. The molecule has 0 amide bonds. The van der Waals surface area contributed by atoms with E-state index in [0.717, 1.165) is 19.5 Å². The lowest BCUT2D eigenvalue weighted by Gasteiger charge is -2.38. The molecule has 1 aliphatic heterocycles. The van der Waals surface area contributed by atoms with Gasteiger partial charge in [0.15, 0.2) is 0 Å². The van der Waals surface area contributed by atoms with Gasteiger partial charge in [-0.15, -0.1) is 0 Å². The predicted molar refractivity (Wildman–Crippen MR) is 79.8 cm³/mol. The molecule has 114 valence electrons. The normalized spacial score (nSPS) is 23.1. The van der Waals surface area contributed by atoms with E-state index in [1.165, 1.54) is 0 Å². The highest BCUT2D eigenvalue weighted by Crippen LogP contribution is 2.14. The molecule has 1 fully saturated rings. The molecule has 0 saturated carbocycles. The summed E-state index contributed by atoms with van der Waals surface area (Å²) in [4.78, 5) is 2.26. The van der Waals surface area contributed by atoms with Crippen molar-refractivity contribution < 1.29 is 8.42 Å². The van der Waals surface area contributed by atoms with Crippen LogP contribution in [0.4, 0.5) is 0 Å². The van der Waals surface area contributed by atoms with Crippen LogP contribution in [-0.4, -0.2) is 68.7 Å². The van der Waals surface area contributed by atoms with E-state index in [-0.39, 0.29) is 5.75 Å². The summed E-state index contributed by atoms with van der Waals surface area (Å²) in [6.45, 7) is 9.13. The minimum absolute atomic E-state index is 0.257. The molecule has 1 heterocycles. The van der Waals surface area contributed by atoms with Crippen molar-refractivity contribution in [2.75, 3.05) is 39.0 Å². The minimum atomic E-state index is -3.08. The molecule has 0 aliphatic carbocycles. The summed E-state index contributed by atoms with van der Waals surface area (Å²) < 4.78 is 26.2. The van der Waals surface area contributed by atoms with Crippen LogP contribution < -0.4 is 5.32 Å². The van der Waals surface area contributed by atoms with Gasteiger partial charge in [0, 0.05) is 31.7 Å². The van der Waals surface area contributed by atoms with Crippen molar-refractivity contribution in [1.29, 1.82) is 0 Å². The summed E-state index contributed by atoms with van der Waals surface area (Å²) in [7, 11) is -1.01. The Morgan fingerprint density at radius 2 is 2.00 bits per heavy atom. The molecule has 1 atom stereocenters. The van der Waals surface area contributed by atoms with E-state index in [4.69, 9.17) is 0 Å². The minimum Gasteiger partial charge on any atom is -0.314 e. The van der Waals surface area contributed by atoms with Crippen LogP contribution in [0.3, 0.4) is 0 Å². The van der Waals surface area contributed by atoms with Gasteiger partial charge < -0.3 is 10.2 Å². The molecule has 0 aromatic rings. The number of sulfonamides is 1. The fourth-order valence-electron chi connectivity index (χ4n) is 2.39. The number of nitrogens with zero attached hydrogens (tertiary/aromatic N) is 2. The maximum atomic E-state index is 12.3. The van der Waals surface area contributed by atoms with Crippen LogP contribution in [0.5, 0.6) is 0 Å². The van der Waals surface area contributed by atoms with E-state index in [9.17, 15) is 8.42 Å². The van der Waals surface area contributed by atoms with Gasteiger partial charge in [-0.1, -0.05) is 20.8 Å². The van der Waals surface area contributed by atoms with Crippen molar-refractivity contribution in [3.63, 3.8) is 0 Å². The molecule has 0 spiro atoms. The second-order valence-electron chi connectivity index (χ2n) is 5.68. The molecule has 6 heteroatoms. The first kappa shape index (κ1) is 16.9. The van der Waals surface area contributed by atoms with E-state index in [1.54, 1.807) is 4.31 Å². The van der Waals surface area contributed by atoms with E-state index >= 15 is 0 Å². The SMILES string of the molecule is CCC1CN(S(=O)(=O)CCCNC(C)C)CCN1C. The third kappa shape index (κ3) is 5.38. The smallest absolute Gasteiger partial charge is 0.214 e. The first-order valence-corrected chi connectivity index (χ1v) is 8.89. The lowest BCUT2D eigenvalue weighted by molar-refractivity contribution is 0.144. The fourth-order valence-corrected chi connectivity index (χ4v) is 3.91. The molecular weight excluding hydrogens is 262 g/mol. The van der Waals surface area contributed by atoms with Gasteiger partial charge in [0.25, 0.3) is 0 Å². The second kappa shape index (κ2) is 7.57. The molecule has 1 saturated heterocycles. The van der Waals surface area contributed by atoms with Crippen molar-refractivity contribution in [2.45, 2.75) is 45.7 Å². The van der Waals surface area contributed by atoms with Crippen LogP contribution >= 0.6 is 0 Å². The quantitative estimate of drug-likeness (QED) is 0.703. The Labute approximate surface area is 118 Å². The molecule has 0 aromatic carbocycles. The third-order valence-electron chi connectivity index (χ3n) is 3.74. The highest BCUT2D eigenvalue weighted by atomic mass is 32.2. The van der Waals surface area contributed by atoms with Crippen LogP contribution in [0, 0.1) is 0 Å². The Hall–Kier alpha value is -0.170. The zero-order valence-electron chi connectivity index (χ0n) is 12.7. The highest BCUT2D eigenvalue weighted by Gasteiger charge is 2.30. The molecule has 1 unspecified atom stereocenters. The number of nitrogens with one attached hydrogen (secondary N) is 1. The van der Waals surface area contributed by atoms with Crippen LogP contribution in [0.2, 0.25) is 0 Å². The Morgan fingerprint density at radius 3 is 2.58 bits per heavy atom. The molecule has 5 nitrogen and oxygen atoms in total. The fraction of sp³-hybridized carbons (Fsp3) is 1.00. The van der Waals surface area contributed by atoms with Crippen molar-refractivity contribution in [3.8, 4) is 0 Å². The van der Waals surface area contributed by atoms with E-state index in [1.807, 2.05) is 0 Å². The van der Waals surface area contributed by atoms with E-state index < -0.39 is 10.0 Å². The van der Waals surface area contributed by atoms with Crippen molar-refractivity contribution in [3.05, 3.63) is 0 Å². The number of likely N-dealkylation sites (N-methyl/N-ethyl adjacent to an activating group) is 1. The summed E-state index contributed by atoms with van der Waals surface area (Å²) >= 11 is 0. The predicted octanol–water partition coefficient (Wildman–Crippen LogP) is 0.730. The summed E-state index contributed by atoms with van der Waals surface area (Å²) in [5.41, 5.74) is 0. The second-order valence-corrected chi connectivity index (χ2v) is 7.77. The summed E-state index contributed by atoms with van der Waals surface area (Å²) in [5.74, 6) is 0.257. The largest absolute Gasteiger partial charge is 0.314 e. The average Bonchev–Trinajstić information content (AvgIpc) is 2.35. The standard InChI is InChI=1S/C13H29N3O2S/c1-5-13-11-16(9-8-15(13)4)19(17,18)10-6-7-14-12(2)3/h12-14H,5-11H2,1-4H3. The average molecular weight is 291 g/mol. The summed E-state index contributed by atoms with van der Waals surface area (Å²) in [6.07, 6.45) is 1.68. The molecule has 1 N–H and O–H groups in total. The van der Waals surface area contributed by atoms with E-state index in [0.29, 0.717) is 31.6 Å². The van der Waals surface area contributed by atoms with Crippen molar-refractivity contribution in [2.24, 2.45) is 0 Å². The van der Waals surface area contributed by atoms with Gasteiger partial charge in [0.05, 0.1) is 5.75 Å². The molecule has 0 bridgehead atoms. The Kier molecular flexibility index (Phi) is 6.73. The number of hydrogen-bond acceptors (Lipinski definition) is 4. The highest BCUT2D eigenvalue weighted by molar-refractivity contribution is 7.89. The Balaban J connectivity index is 2.44. The molecule has 1 aliphatic rings. The van der Waals surface area contributed by atoms with Crippen LogP contribution in [0.15, 0.2) is 0 Å². The maximum Gasteiger partial charge on any atom is 0.214 e. The van der Waals surface area contributed by atoms with Gasteiger partial charge in [-0.3, -0.25) is 0 Å². The van der Waals surface area contributed by atoms with Gasteiger partial charge >= 0.3 is 0 Å². The molecular formula is C13H29N3O2S. The summed E-state index contributed by atoms with van der Waals surface area (Å²) in [6, 6.07) is 0.771. The van der Waals surface area contributed by atoms with Gasteiger partial charge in [0.2, 0.25) is 10.0 Å². The third-order valence-corrected chi connectivity index (χ3v) is 5.66. The molecule has 0 aromatic heterocycles.